The van der Waals surface area contributed by atoms with Crippen molar-refractivity contribution in [2.24, 2.45) is 0 Å². The van der Waals surface area contributed by atoms with Crippen LogP contribution in [0.4, 0.5) is 0 Å². The number of aromatic carboxylic acids is 1. The SMILES string of the molecule is Cc1ccc(-c2ccc(C(C=S(=O)=O)Oc3ccc(O)c(C(=O)O)c3)cc2)cc1. The molecule has 3 rings (SSSR count). The maximum Gasteiger partial charge on any atom is 0.339 e. The zero-order valence-corrected chi connectivity index (χ0v) is 16.3. The van der Waals surface area contributed by atoms with Crippen LogP contribution in [-0.4, -0.2) is 30.0 Å². The molecule has 0 fully saturated rings. The van der Waals surface area contributed by atoms with E-state index in [-0.39, 0.29) is 11.3 Å². The first-order chi connectivity index (χ1) is 13.8. The topological polar surface area (TPSA) is 101 Å². The molecule has 7 heteroatoms. The number of carbonyl (C=O) groups is 1. The lowest BCUT2D eigenvalue weighted by Crippen LogP contribution is -2.10. The van der Waals surface area contributed by atoms with Crippen LogP contribution in [0.5, 0.6) is 11.5 Å². The van der Waals surface area contributed by atoms with Crippen LogP contribution < -0.4 is 4.74 Å². The predicted octanol–water partition coefficient (Wildman–Crippen LogP) is 3.87. The number of benzene rings is 3. The quantitative estimate of drug-likeness (QED) is 0.599. The van der Waals surface area contributed by atoms with Gasteiger partial charge in [0.2, 0.25) is 10.3 Å². The van der Waals surface area contributed by atoms with Crippen LogP contribution in [-0.2, 0) is 10.3 Å². The van der Waals surface area contributed by atoms with E-state index < -0.39 is 28.1 Å². The zero-order valence-electron chi connectivity index (χ0n) is 15.4. The molecule has 148 valence electrons. The van der Waals surface area contributed by atoms with E-state index in [1.807, 2.05) is 43.3 Å². The molecule has 0 heterocycles. The molecule has 3 aromatic rings. The second-order valence-electron chi connectivity index (χ2n) is 6.41. The molecule has 1 atom stereocenters. The molecule has 0 saturated heterocycles. The van der Waals surface area contributed by atoms with E-state index >= 15 is 0 Å². The largest absolute Gasteiger partial charge is 0.507 e. The summed E-state index contributed by atoms with van der Waals surface area (Å²) in [5, 5.41) is 19.7. The summed E-state index contributed by atoms with van der Waals surface area (Å²) in [6, 6.07) is 18.9. The number of carboxylic acids is 1. The molecule has 29 heavy (non-hydrogen) atoms. The van der Waals surface area contributed by atoms with Gasteiger partial charge in [0.25, 0.3) is 0 Å². The molecule has 0 aliphatic carbocycles. The number of aryl methyl sites for hydroxylation is 1. The molecule has 0 radical (unpaired) electrons. The Kier molecular flexibility index (Phi) is 5.99. The van der Waals surface area contributed by atoms with Crippen molar-refractivity contribution in [3.8, 4) is 22.6 Å². The fourth-order valence-corrected chi connectivity index (χ4v) is 3.21. The number of ether oxygens (including phenoxy) is 1. The van der Waals surface area contributed by atoms with Crippen LogP contribution in [0.1, 0.15) is 27.6 Å². The fraction of sp³-hybridized carbons (Fsp3) is 0.0909. The first-order valence-corrected chi connectivity index (χ1v) is 9.80. The van der Waals surface area contributed by atoms with Gasteiger partial charge in [0.1, 0.15) is 17.1 Å². The summed E-state index contributed by atoms with van der Waals surface area (Å²) in [6.07, 6.45) is -0.952. The number of rotatable bonds is 6. The predicted molar refractivity (Wildman–Crippen MR) is 110 cm³/mol. The zero-order chi connectivity index (χ0) is 21.0. The van der Waals surface area contributed by atoms with E-state index in [2.05, 4.69) is 0 Å². The van der Waals surface area contributed by atoms with Crippen LogP contribution in [0, 0.1) is 6.92 Å². The Hall–Kier alpha value is -3.58. The lowest BCUT2D eigenvalue weighted by molar-refractivity contribution is 0.0693. The maximum atomic E-state index is 11.3. The van der Waals surface area contributed by atoms with Crippen molar-refractivity contribution in [1.29, 1.82) is 0 Å². The Labute approximate surface area is 169 Å². The summed E-state index contributed by atoms with van der Waals surface area (Å²) in [4.78, 5) is 11.2. The molecule has 0 aliphatic rings. The van der Waals surface area contributed by atoms with Gasteiger partial charge in [-0.05, 0) is 41.8 Å². The van der Waals surface area contributed by atoms with Gasteiger partial charge < -0.3 is 14.9 Å². The highest BCUT2D eigenvalue weighted by Crippen LogP contribution is 2.28. The van der Waals surface area contributed by atoms with Crippen molar-refractivity contribution in [2.75, 3.05) is 0 Å². The highest BCUT2D eigenvalue weighted by Gasteiger charge is 2.16. The van der Waals surface area contributed by atoms with Gasteiger partial charge in [-0.25, -0.2) is 4.79 Å². The Bertz CT molecular complexity index is 1150. The van der Waals surface area contributed by atoms with Crippen LogP contribution in [0.3, 0.4) is 0 Å². The highest BCUT2D eigenvalue weighted by atomic mass is 32.2. The number of hydrogen-bond donors (Lipinski definition) is 2. The third kappa shape index (κ3) is 5.03. The van der Waals surface area contributed by atoms with Gasteiger partial charge in [-0.3, -0.25) is 0 Å². The van der Waals surface area contributed by atoms with E-state index in [0.29, 0.717) is 5.56 Å². The van der Waals surface area contributed by atoms with Crippen molar-refractivity contribution in [2.45, 2.75) is 13.0 Å². The molecule has 0 aliphatic heterocycles. The Morgan fingerprint density at radius 1 is 0.966 bits per heavy atom. The molecule has 0 spiro atoms. The number of aromatic hydroxyl groups is 1. The molecule has 6 nitrogen and oxygen atoms in total. The first kappa shape index (κ1) is 20.2. The normalized spacial score (nSPS) is 11.5. The smallest absolute Gasteiger partial charge is 0.339 e. The summed E-state index contributed by atoms with van der Waals surface area (Å²) in [5.41, 5.74) is 3.39. The van der Waals surface area contributed by atoms with Crippen LogP contribution in [0.2, 0.25) is 0 Å². The van der Waals surface area contributed by atoms with Crippen molar-refractivity contribution >= 4 is 21.6 Å². The second kappa shape index (κ2) is 8.62. The second-order valence-corrected chi connectivity index (χ2v) is 7.20. The van der Waals surface area contributed by atoms with Crippen molar-refractivity contribution in [3.05, 3.63) is 83.4 Å². The lowest BCUT2D eigenvalue weighted by Gasteiger charge is -2.16. The standard InChI is InChI=1S/C22H18O6S/c1-14-2-4-15(5-3-14)16-6-8-17(9-7-16)21(13-29(26)27)28-18-10-11-20(23)19(12-18)22(24)25/h2-13,21,23H,1H3,(H,24,25). The highest BCUT2D eigenvalue weighted by molar-refractivity contribution is 7.71. The third-order valence-electron chi connectivity index (χ3n) is 4.32. The summed E-state index contributed by atoms with van der Waals surface area (Å²) < 4.78 is 28.2. The van der Waals surface area contributed by atoms with Gasteiger partial charge in [0.05, 0.1) is 5.37 Å². The van der Waals surface area contributed by atoms with Gasteiger partial charge in [0, 0.05) is 0 Å². The van der Waals surface area contributed by atoms with Gasteiger partial charge in [-0.1, -0.05) is 54.1 Å². The summed E-state index contributed by atoms with van der Waals surface area (Å²) >= 11 is 0. The Morgan fingerprint density at radius 3 is 2.10 bits per heavy atom. The maximum absolute atomic E-state index is 11.3. The Balaban J connectivity index is 1.91. The third-order valence-corrected chi connectivity index (χ3v) is 4.79. The van der Waals surface area contributed by atoms with E-state index in [9.17, 15) is 18.3 Å². The first-order valence-electron chi connectivity index (χ1n) is 8.66. The average Bonchev–Trinajstić information content (AvgIpc) is 2.69. The monoisotopic (exact) mass is 410 g/mol. The van der Waals surface area contributed by atoms with E-state index in [4.69, 9.17) is 9.84 Å². The van der Waals surface area contributed by atoms with Gasteiger partial charge >= 0.3 is 5.97 Å². The Morgan fingerprint density at radius 2 is 1.55 bits per heavy atom. The van der Waals surface area contributed by atoms with Crippen molar-refractivity contribution in [3.63, 3.8) is 0 Å². The van der Waals surface area contributed by atoms with E-state index in [1.54, 1.807) is 12.1 Å². The summed E-state index contributed by atoms with van der Waals surface area (Å²) in [7, 11) is -2.50. The number of phenols is 1. The van der Waals surface area contributed by atoms with Crippen molar-refractivity contribution < 1.29 is 28.2 Å². The minimum atomic E-state index is -2.50. The molecule has 0 bridgehead atoms. The van der Waals surface area contributed by atoms with Crippen LogP contribution in [0.25, 0.3) is 11.1 Å². The van der Waals surface area contributed by atoms with Crippen molar-refractivity contribution in [1.82, 2.24) is 0 Å². The molecular formula is C22H18O6S. The lowest BCUT2D eigenvalue weighted by atomic mass is 10.0. The van der Waals surface area contributed by atoms with Crippen LogP contribution >= 0.6 is 0 Å². The molecule has 0 aromatic heterocycles. The number of hydrogen-bond acceptors (Lipinski definition) is 5. The summed E-state index contributed by atoms with van der Waals surface area (Å²) in [6.45, 7) is 2.01. The van der Waals surface area contributed by atoms with E-state index in [1.165, 1.54) is 12.1 Å². The molecule has 1 unspecified atom stereocenters. The van der Waals surface area contributed by atoms with Gasteiger partial charge in [0.15, 0.2) is 6.10 Å². The van der Waals surface area contributed by atoms with E-state index in [0.717, 1.165) is 28.1 Å². The molecule has 0 amide bonds. The molecular weight excluding hydrogens is 392 g/mol. The molecule has 0 saturated carbocycles. The summed E-state index contributed by atoms with van der Waals surface area (Å²) in [5.74, 6) is -1.60. The number of carboxylic acid groups (broad SMARTS) is 1. The molecule has 3 aromatic carbocycles. The van der Waals surface area contributed by atoms with Gasteiger partial charge in [-0.15, -0.1) is 0 Å². The van der Waals surface area contributed by atoms with Gasteiger partial charge in [-0.2, -0.15) is 8.42 Å². The minimum Gasteiger partial charge on any atom is -0.507 e. The average molecular weight is 410 g/mol. The van der Waals surface area contributed by atoms with Crippen LogP contribution in [0.15, 0.2) is 66.7 Å². The fourth-order valence-electron chi connectivity index (χ4n) is 2.79. The minimum absolute atomic E-state index is 0.120. The molecule has 2 N–H and O–H groups in total.